The molecule has 2 aromatic heterocycles. The summed E-state index contributed by atoms with van der Waals surface area (Å²) in [5.41, 5.74) is 3.86. The Morgan fingerprint density at radius 3 is 2.67 bits per heavy atom. The summed E-state index contributed by atoms with van der Waals surface area (Å²) in [6.45, 7) is 3.99. The first-order valence-corrected chi connectivity index (χ1v) is 8.79. The highest BCUT2D eigenvalue weighted by molar-refractivity contribution is 5.96. The molecule has 4 nitrogen and oxygen atoms in total. The fourth-order valence-electron chi connectivity index (χ4n) is 3.60. The normalized spacial score (nSPS) is 16.6. The Morgan fingerprint density at radius 1 is 1.21 bits per heavy atom. The van der Waals surface area contributed by atoms with Crippen LogP contribution in [0.2, 0.25) is 0 Å². The van der Waals surface area contributed by atoms with Crippen molar-refractivity contribution in [3.8, 4) is 0 Å². The largest absolute Gasteiger partial charge is 0.324 e. The van der Waals surface area contributed by atoms with Crippen LogP contribution < -0.4 is 5.32 Å². The summed E-state index contributed by atoms with van der Waals surface area (Å²) >= 11 is 0. The Hall–Kier alpha value is -2.23. The number of pyridine rings is 2. The van der Waals surface area contributed by atoms with Crippen molar-refractivity contribution in [1.29, 1.82) is 0 Å². The van der Waals surface area contributed by atoms with Gasteiger partial charge in [0.2, 0.25) is 5.91 Å². The Bertz CT molecular complexity index is 693. The lowest BCUT2D eigenvalue weighted by atomic mass is 9.76. The number of aryl methyl sites for hydroxylation is 2. The maximum atomic E-state index is 13.0. The lowest BCUT2D eigenvalue weighted by Crippen LogP contribution is -2.29. The van der Waals surface area contributed by atoms with Crippen LogP contribution in [0.15, 0.2) is 36.8 Å². The maximum Gasteiger partial charge on any atom is 0.232 e. The zero-order valence-corrected chi connectivity index (χ0v) is 14.5. The number of hydrogen-bond acceptors (Lipinski definition) is 3. The molecule has 1 unspecified atom stereocenters. The van der Waals surface area contributed by atoms with Gasteiger partial charge in [-0.2, -0.15) is 0 Å². The van der Waals surface area contributed by atoms with Gasteiger partial charge in [0.05, 0.1) is 17.8 Å². The monoisotopic (exact) mass is 323 g/mol. The predicted octanol–water partition coefficient (Wildman–Crippen LogP) is 4.40. The van der Waals surface area contributed by atoms with Crippen molar-refractivity contribution in [2.24, 2.45) is 5.92 Å². The van der Waals surface area contributed by atoms with E-state index in [1.807, 2.05) is 38.2 Å². The first-order valence-electron chi connectivity index (χ1n) is 8.79. The van der Waals surface area contributed by atoms with Crippen LogP contribution in [0.3, 0.4) is 0 Å². The van der Waals surface area contributed by atoms with Gasteiger partial charge in [0.1, 0.15) is 0 Å². The Kier molecular flexibility index (Phi) is 5.24. The molecule has 3 rings (SSSR count). The summed E-state index contributed by atoms with van der Waals surface area (Å²) in [4.78, 5) is 21.6. The second kappa shape index (κ2) is 7.56. The third-order valence-corrected chi connectivity index (χ3v) is 5.05. The van der Waals surface area contributed by atoms with Crippen LogP contribution in [0.25, 0.3) is 0 Å². The van der Waals surface area contributed by atoms with Gasteiger partial charge in [0, 0.05) is 18.1 Å². The molecule has 24 heavy (non-hydrogen) atoms. The molecule has 0 aliphatic heterocycles. The summed E-state index contributed by atoms with van der Waals surface area (Å²) in [5.74, 6) is 0.308. The molecular weight excluding hydrogens is 298 g/mol. The lowest BCUT2D eigenvalue weighted by Gasteiger charge is -2.29. The SMILES string of the molecule is Cc1cc(NC(=O)C(c2cccnc2)C2CCCCC2)cnc1C. The highest BCUT2D eigenvalue weighted by atomic mass is 16.1. The van der Waals surface area contributed by atoms with E-state index < -0.39 is 0 Å². The summed E-state index contributed by atoms with van der Waals surface area (Å²) < 4.78 is 0. The van der Waals surface area contributed by atoms with Gasteiger partial charge >= 0.3 is 0 Å². The summed E-state index contributed by atoms with van der Waals surface area (Å²) in [6.07, 6.45) is 11.2. The minimum absolute atomic E-state index is 0.0555. The molecule has 1 saturated carbocycles. The van der Waals surface area contributed by atoms with E-state index in [9.17, 15) is 4.79 Å². The van der Waals surface area contributed by atoms with Gasteiger partial charge in [-0.05, 0) is 55.9 Å². The van der Waals surface area contributed by atoms with Crippen molar-refractivity contribution in [2.45, 2.75) is 51.9 Å². The van der Waals surface area contributed by atoms with Crippen molar-refractivity contribution in [3.63, 3.8) is 0 Å². The fraction of sp³-hybridized carbons (Fsp3) is 0.450. The van der Waals surface area contributed by atoms with Crippen molar-refractivity contribution in [1.82, 2.24) is 9.97 Å². The van der Waals surface area contributed by atoms with Gasteiger partial charge in [-0.1, -0.05) is 25.3 Å². The van der Waals surface area contributed by atoms with Crippen LogP contribution in [0.4, 0.5) is 5.69 Å². The van der Waals surface area contributed by atoms with Gasteiger partial charge in [0.25, 0.3) is 0 Å². The molecule has 4 heteroatoms. The minimum atomic E-state index is -0.138. The van der Waals surface area contributed by atoms with E-state index in [1.54, 1.807) is 12.4 Å². The van der Waals surface area contributed by atoms with Gasteiger partial charge in [-0.15, -0.1) is 0 Å². The Morgan fingerprint density at radius 2 is 2.00 bits per heavy atom. The molecule has 0 radical (unpaired) electrons. The highest BCUT2D eigenvalue weighted by Crippen LogP contribution is 2.36. The molecule has 2 heterocycles. The highest BCUT2D eigenvalue weighted by Gasteiger charge is 2.31. The molecule has 0 spiro atoms. The molecule has 0 aromatic carbocycles. The molecular formula is C20H25N3O. The average Bonchev–Trinajstić information content (AvgIpc) is 2.60. The second-order valence-electron chi connectivity index (χ2n) is 6.78. The van der Waals surface area contributed by atoms with Crippen LogP contribution in [-0.4, -0.2) is 15.9 Å². The van der Waals surface area contributed by atoms with Crippen LogP contribution in [0, 0.1) is 19.8 Å². The van der Waals surface area contributed by atoms with Crippen molar-refractivity contribution in [3.05, 3.63) is 53.6 Å². The van der Waals surface area contributed by atoms with E-state index in [-0.39, 0.29) is 11.8 Å². The van der Waals surface area contributed by atoms with E-state index >= 15 is 0 Å². The summed E-state index contributed by atoms with van der Waals surface area (Å²) in [7, 11) is 0. The summed E-state index contributed by atoms with van der Waals surface area (Å²) in [6, 6.07) is 5.92. The van der Waals surface area contributed by atoms with Gasteiger partial charge in [-0.3, -0.25) is 14.8 Å². The molecule has 1 aliphatic carbocycles. The van der Waals surface area contributed by atoms with Crippen molar-refractivity contribution >= 4 is 11.6 Å². The van der Waals surface area contributed by atoms with Gasteiger partial charge in [0.15, 0.2) is 0 Å². The third kappa shape index (κ3) is 3.81. The number of carbonyl (C=O) groups excluding carboxylic acids is 1. The number of nitrogens with one attached hydrogen (secondary N) is 1. The number of nitrogens with zero attached hydrogens (tertiary/aromatic N) is 2. The molecule has 0 bridgehead atoms. The molecule has 1 atom stereocenters. The Labute approximate surface area is 143 Å². The first-order chi connectivity index (χ1) is 11.6. The van der Waals surface area contributed by atoms with Gasteiger partial charge < -0.3 is 5.32 Å². The number of carbonyl (C=O) groups is 1. The topological polar surface area (TPSA) is 54.9 Å². The van der Waals surface area contributed by atoms with E-state index in [2.05, 4.69) is 15.3 Å². The predicted molar refractivity (Wildman–Crippen MR) is 95.9 cm³/mol. The van der Waals surface area contributed by atoms with Crippen molar-refractivity contribution in [2.75, 3.05) is 5.32 Å². The number of anilines is 1. The maximum absolute atomic E-state index is 13.0. The van der Waals surface area contributed by atoms with E-state index in [0.29, 0.717) is 5.92 Å². The minimum Gasteiger partial charge on any atom is -0.324 e. The Balaban J connectivity index is 1.84. The molecule has 0 saturated heterocycles. The fourth-order valence-corrected chi connectivity index (χ4v) is 3.60. The van der Waals surface area contributed by atoms with E-state index in [4.69, 9.17) is 0 Å². The lowest BCUT2D eigenvalue weighted by molar-refractivity contribution is -0.119. The molecule has 1 aliphatic rings. The van der Waals surface area contributed by atoms with Gasteiger partial charge in [-0.25, -0.2) is 0 Å². The van der Waals surface area contributed by atoms with Crippen LogP contribution in [0.1, 0.15) is 54.8 Å². The molecule has 126 valence electrons. The quantitative estimate of drug-likeness (QED) is 0.907. The number of amides is 1. The standard InChI is InChI=1S/C20H25N3O/c1-14-11-18(13-22-15(14)2)23-20(24)19(16-7-4-3-5-8-16)17-9-6-10-21-12-17/h6,9-13,16,19H,3-5,7-8H2,1-2H3,(H,23,24). The molecule has 1 N–H and O–H groups in total. The van der Waals surface area contributed by atoms with Crippen molar-refractivity contribution < 1.29 is 4.79 Å². The van der Waals surface area contributed by atoms with Crippen LogP contribution in [0.5, 0.6) is 0 Å². The van der Waals surface area contributed by atoms with E-state index in [1.165, 1.54) is 19.3 Å². The number of rotatable bonds is 4. The van der Waals surface area contributed by atoms with Crippen LogP contribution in [-0.2, 0) is 4.79 Å². The number of hydrogen-bond donors (Lipinski definition) is 1. The zero-order chi connectivity index (χ0) is 16.9. The smallest absolute Gasteiger partial charge is 0.232 e. The summed E-state index contributed by atoms with van der Waals surface area (Å²) in [5, 5.41) is 3.08. The molecule has 1 fully saturated rings. The average molecular weight is 323 g/mol. The first kappa shape index (κ1) is 16.6. The van der Waals surface area contributed by atoms with Crippen LogP contribution >= 0.6 is 0 Å². The molecule has 1 amide bonds. The van der Waals surface area contributed by atoms with E-state index in [0.717, 1.165) is 35.3 Å². The third-order valence-electron chi connectivity index (χ3n) is 5.05. The zero-order valence-electron chi connectivity index (χ0n) is 14.5. The second-order valence-corrected chi connectivity index (χ2v) is 6.78. The molecule has 2 aromatic rings. The number of aromatic nitrogens is 2.